The van der Waals surface area contributed by atoms with Crippen molar-refractivity contribution in [1.82, 2.24) is 0 Å². The second kappa shape index (κ2) is 8.92. The van der Waals surface area contributed by atoms with E-state index in [0.29, 0.717) is 5.92 Å². The van der Waals surface area contributed by atoms with E-state index < -0.39 is 0 Å². The van der Waals surface area contributed by atoms with Crippen LogP contribution in [-0.2, 0) is 0 Å². The molecule has 1 nitrogen and oxygen atoms in total. The number of hydrogen-bond donors (Lipinski definition) is 0. The van der Waals surface area contributed by atoms with Crippen LogP contribution in [0, 0.1) is 0 Å². The Morgan fingerprint density at radius 1 is 1.08 bits per heavy atom. The molecule has 136 valence electrons. The van der Waals surface area contributed by atoms with Crippen LogP contribution >= 0.6 is 23.4 Å². The first-order chi connectivity index (χ1) is 12.7. The van der Waals surface area contributed by atoms with Crippen LogP contribution in [0.25, 0.3) is 6.08 Å². The zero-order valence-electron chi connectivity index (χ0n) is 15.4. The molecule has 0 fully saturated rings. The number of benzene rings is 2. The molecule has 0 bridgehead atoms. The first kappa shape index (κ1) is 19.3. The van der Waals surface area contributed by atoms with Gasteiger partial charge in [-0.3, -0.25) is 4.79 Å². The maximum Gasteiger partial charge on any atom is 0.200 e. The smallest absolute Gasteiger partial charge is 0.200 e. The van der Waals surface area contributed by atoms with Crippen LogP contribution < -0.4 is 0 Å². The lowest BCUT2D eigenvalue weighted by atomic mass is 9.90. The highest BCUT2D eigenvalue weighted by molar-refractivity contribution is 8.05. The Morgan fingerprint density at radius 2 is 1.85 bits per heavy atom. The van der Waals surface area contributed by atoms with E-state index in [1.165, 1.54) is 36.6 Å². The highest BCUT2D eigenvalue weighted by Crippen LogP contribution is 2.47. The van der Waals surface area contributed by atoms with Gasteiger partial charge in [0.25, 0.3) is 0 Å². The number of halogens is 1. The molecule has 1 unspecified atom stereocenters. The van der Waals surface area contributed by atoms with Gasteiger partial charge in [0.1, 0.15) is 0 Å². The van der Waals surface area contributed by atoms with Gasteiger partial charge < -0.3 is 0 Å². The zero-order chi connectivity index (χ0) is 18.5. The fraction of sp³-hybridized carbons (Fsp3) is 0.348. The molecule has 0 saturated heterocycles. The Kier molecular flexibility index (Phi) is 6.61. The summed E-state index contributed by atoms with van der Waals surface area (Å²) in [5.41, 5.74) is 2.98. The lowest BCUT2D eigenvalue weighted by Gasteiger charge is -2.18. The number of ketones is 1. The van der Waals surface area contributed by atoms with Crippen molar-refractivity contribution in [2.75, 3.05) is 0 Å². The van der Waals surface area contributed by atoms with Crippen molar-refractivity contribution in [3.05, 3.63) is 69.1 Å². The van der Waals surface area contributed by atoms with Gasteiger partial charge in [-0.25, -0.2) is 0 Å². The second-order valence-electron chi connectivity index (χ2n) is 6.80. The van der Waals surface area contributed by atoms with E-state index in [-0.39, 0.29) is 5.78 Å². The number of fused-ring (bicyclic) bond motifs is 1. The molecule has 0 aromatic heterocycles. The van der Waals surface area contributed by atoms with Gasteiger partial charge in [0.05, 0.1) is 9.93 Å². The van der Waals surface area contributed by atoms with E-state index in [1.807, 2.05) is 42.5 Å². The molecule has 0 spiro atoms. The average Bonchev–Trinajstić information content (AvgIpc) is 2.98. The first-order valence-corrected chi connectivity index (χ1v) is 10.7. The third kappa shape index (κ3) is 4.07. The van der Waals surface area contributed by atoms with Crippen LogP contribution in [0.15, 0.2) is 52.3 Å². The Balaban J connectivity index is 1.88. The largest absolute Gasteiger partial charge is 0.288 e. The maximum absolute atomic E-state index is 12.8. The second-order valence-corrected chi connectivity index (χ2v) is 8.23. The number of thioether (sulfide) groups is 1. The first-order valence-electron chi connectivity index (χ1n) is 9.47. The Bertz CT molecular complexity index is 810. The Labute approximate surface area is 165 Å². The van der Waals surface area contributed by atoms with Crippen LogP contribution in [0.2, 0.25) is 5.02 Å². The van der Waals surface area contributed by atoms with E-state index in [2.05, 4.69) is 19.9 Å². The van der Waals surface area contributed by atoms with E-state index in [4.69, 9.17) is 11.6 Å². The number of rotatable bonds is 7. The molecule has 2 aromatic rings. The summed E-state index contributed by atoms with van der Waals surface area (Å²) in [5, 5.41) is 0.778. The summed E-state index contributed by atoms with van der Waals surface area (Å²) >= 11 is 8.29. The SMILES string of the molecule is CCCCCC(CC)c1ccc2c(c1Cl)SC(=Cc1ccccc1)C2=O. The van der Waals surface area contributed by atoms with Crippen molar-refractivity contribution in [1.29, 1.82) is 0 Å². The quantitative estimate of drug-likeness (QED) is 0.358. The molecule has 3 rings (SSSR count). The number of carbonyl (C=O) groups is 1. The molecule has 0 radical (unpaired) electrons. The van der Waals surface area contributed by atoms with Gasteiger partial charge in [-0.15, -0.1) is 0 Å². The Morgan fingerprint density at radius 3 is 2.54 bits per heavy atom. The van der Waals surface area contributed by atoms with Crippen LogP contribution in [0.3, 0.4) is 0 Å². The number of carbonyl (C=O) groups excluding carboxylic acids is 1. The highest BCUT2D eigenvalue weighted by atomic mass is 35.5. The molecule has 0 aliphatic carbocycles. The van der Waals surface area contributed by atoms with Crippen LogP contribution in [0.5, 0.6) is 0 Å². The monoisotopic (exact) mass is 384 g/mol. The van der Waals surface area contributed by atoms with Gasteiger partial charge in [0, 0.05) is 10.5 Å². The molecule has 0 amide bonds. The van der Waals surface area contributed by atoms with E-state index in [1.54, 1.807) is 0 Å². The van der Waals surface area contributed by atoms with Crippen LogP contribution in [-0.4, -0.2) is 5.78 Å². The maximum atomic E-state index is 12.8. The van der Waals surface area contributed by atoms with Crippen molar-refractivity contribution in [2.24, 2.45) is 0 Å². The summed E-state index contributed by atoms with van der Waals surface area (Å²) in [6, 6.07) is 14.0. The third-order valence-electron chi connectivity index (χ3n) is 4.99. The predicted molar refractivity (Wildman–Crippen MR) is 113 cm³/mol. The number of unbranched alkanes of at least 4 members (excludes halogenated alkanes) is 2. The highest BCUT2D eigenvalue weighted by Gasteiger charge is 2.30. The molecule has 1 atom stereocenters. The standard InChI is InChI=1S/C23H25ClOS/c1-3-5-7-12-17(4-2)18-13-14-19-22(25)20(26-23(19)21(18)24)15-16-10-8-6-9-11-16/h6,8-11,13-15,17H,3-5,7,12H2,1-2H3. The number of hydrogen-bond acceptors (Lipinski definition) is 2. The molecular weight excluding hydrogens is 360 g/mol. The van der Waals surface area contributed by atoms with Crippen molar-refractivity contribution in [2.45, 2.75) is 56.8 Å². The van der Waals surface area contributed by atoms with Gasteiger partial charge in [-0.1, -0.05) is 92.9 Å². The minimum Gasteiger partial charge on any atom is -0.288 e. The van der Waals surface area contributed by atoms with Crippen molar-refractivity contribution in [3.63, 3.8) is 0 Å². The number of allylic oxidation sites excluding steroid dienone is 1. The minimum atomic E-state index is 0.0846. The normalized spacial score (nSPS) is 16.1. The Hall–Kier alpha value is -1.51. The van der Waals surface area contributed by atoms with Gasteiger partial charge in [-0.05, 0) is 42.0 Å². The van der Waals surface area contributed by atoms with Gasteiger partial charge in [-0.2, -0.15) is 0 Å². The summed E-state index contributed by atoms with van der Waals surface area (Å²) < 4.78 is 0. The summed E-state index contributed by atoms with van der Waals surface area (Å²) in [4.78, 5) is 14.5. The molecule has 0 N–H and O–H groups in total. The fourth-order valence-corrected chi connectivity index (χ4v) is 5.00. The van der Waals surface area contributed by atoms with E-state index in [0.717, 1.165) is 38.8 Å². The van der Waals surface area contributed by atoms with E-state index in [9.17, 15) is 4.79 Å². The molecular formula is C23H25ClOS. The van der Waals surface area contributed by atoms with E-state index >= 15 is 0 Å². The summed E-state index contributed by atoms with van der Waals surface area (Å²) in [6.07, 6.45) is 7.92. The zero-order valence-corrected chi connectivity index (χ0v) is 17.0. The number of Topliss-reactive ketones (excluding diaryl/α,β-unsaturated/α-hetero) is 1. The molecule has 2 aromatic carbocycles. The van der Waals surface area contributed by atoms with Crippen LogP contribution in [0.4, 0.5) is 0 Å². The lowest BCUT2D eigenvalue weighted by molar-refractivity contribution is 0.104. The minimum absolute atomic E-state index is 0.0846. The summed E-state index contributed by atoms with van der Waals surface area (Å²) in [5.74, 6) is 0.554. The lowest BCUT2D eigenvalue weighted by Crippen LogP contribution is -2.01. The van der Waals surface area contributed by atoms with Crippen molar-refractivity contribution >= 4 is 35.2 Å². The topological polar surface area (TPSA) is 17.1 Å². The van der Waals surface area contributed by atoms with Gasteiger partial charge >= 0.3 is 0 Å². The molecule has 3 heteroatoms. The molecule has 1 aliphatic heterocycles. The summed E-state index contributed by atoms with van der Waals surface area (Å²) in [7, 11) is 0. The fourth-order valence-electron chi connectivity index (χ4n) is 3.47. The third-order valence-corrected chi connectivity index (χ3v) is 6.66. The van der Waals surface area contributed by atoms with Gasteiger partial charge in [0.2, 0.25) is 5.78 Å². The average molecular weight is 385 g/mol. The molecule has 1 heterocycles. The molecule has 26 heavy (non-hydrogen) atoms. The molecule has 0 saturated carbocycles. The predicted octanol–water partition coefficient (Wildman–Crippen LogP) is 7.74. The van der Waals surface area contributed by atoms with Crippen LogP contribution in [0.1, 0.15) is 73.4 Å². The van der Waals surface area contributed by atoms with Crippen molar-refractivity contribution in [3.8, 4) is 0 Å². The molecule has 1 aliphatic rings. The summed E-state index contributed by atoms with van der Waals surface area (Å²) in [6.45, 7) is 4.45. The van der Waals surface area contributed by atoms with Gasteiger partial charge in [0.15, 0.2) is 0 Å². The van der Waals surface area contributed by atoms with Crippen molar-refractivity contribution < 1.29 is 4.79 Å².